The summed E-state index contributed by atoms with van der Waals surface area (Å²) in [6, 6.07) is 9.93. The van der Waals surface area contributed by atoms with E-state index in [4.69, 9.17) is 11.6 Å². The molecule has 1 aliphatic rings. The van der Waals surface area contributed by atoms with Gasteiger partial charge < -0.3 is 5.32 Å². The number of hydrogen-bond donors (Lipinski definition) is 1. The summed E-state index contributed by atoms with van der Waals surface area (Å²) in [6.07, 6.45) is 2.08. The maximum absolute atomic E-state index is 12.4. The number of carbonyl (C=O) groups is 1. The first-order chi connectivity index (χ1) is 11.5. The number of halogens is 1. The number of nitrogens with zero attached hydrogens (tertiary/aromatic N) is 3. The van der Waals surface area contributed by atoms with Crippen molar-refractivity contribution in [1.29, 1.82) is 0 Å². The molecule has 128 valence electrons. The van der Waals surface area contributed by atoms with E-state index in [0.29, 0.717) is 5.69 Å². The number of piperidine rings is 1. The van der Waals surface area contributed by atoms with Gasteiger partial charge in [0.15, 0.2) is 0 Å². The van der Waals surface area contributed by atoms with Gasteiger partial charge in [0.25, 0.3) is 5.91 Å². The average Bonchev–Trinajstić information content (AvgIpc) is 2.87. The third-order valence-corrected chi connectivity index (χ3v) is 4.72. The molecule has 3 rings (SSSR count). The van der Waals surface area contributed by atoms with Gasteiger partial charge in [-0.25, -0.2) is 0 Å². The topological polar surface area (TPSA) is 50.2 Å². The molecule has 1 unspecified atom stereocenters. The summed E-state index contributed by atoms with van der Waals surface area (Å²) in [7, 11) is 1.85. The third-order valence-electron chi connectivity index (χ3n) is 4.48. The maximum Gasteiger partial charge on any atom is 0.272 e. The summed E-state index contributed by atoms with van der Waals surface area (Å²) < 4.78 is 1.72. The van der Waals surface area contributed by atoms with Crippen LogP contribution in [0.2, 0.25) is 5.02 Å². The summed E-state index contributed by atoms with van der Waals surface area (Å²) in [5.74, 6) is -0.0895. The van der Waals surface area contributed by atoms with E-state index in [9.17, 15) is 4.79 Å². The minimum atomic E-state index is -0.0895. The molecule has 0 spiro atoms. The third kappa shape index (κ3) is 4.16. The van der Waals surface area contributed by atoms with Crippen molar-refractivity contribution in [2.75, 3.05) is 13.1 Å². The first-order valence-corrected chi connectivity index (χ1v) is 8.67. The highest BCUT2D eigenvalue weighted by Gasteiger charge is 2.23. The highest BCUT2D eigenvalue weighted by Crippen LogP contribution is 2.17. The van der Waals surface area contributed by atoms with E-state index in [0.717, 1.165) is 43.2 Å². The number of hydrogen-bond acceptors (Lipinski definition) is 3. The van der Waals surface area contributed by atoms with Gasteiger partial charge in [-0.2, -0.15) is 5.10 Å². The van der Waals surface area contributed by atoms with Crippen LogP contribution in [0.25, 0.3) is 0 Å². The smallest absolute Gasteiger partial charge is 0.272 e. The summed E-state index contributed by atoms with van der Waals surface area (Å²) in [4.78, 5) is 14.7. The number of aromatic nitrogens is 2. The zero-order valence-corrected chi connectivity index (χ0v) is 14.9. The molecule has 0 radical (unpaired) electrons. The molecule has 1 N–H and O–H groups in total. The summed E-state index contributed by atoms with van der Waals surface area (Å²) in [5, 5.41) is 8.13. The fourth-order valence-electron chi connectivity index (χ4n) is 3.14. The van der Waals surface area contributed by atoms with E-state index in [2.05, 4.69) is 21.4 Å². The zero-order chi connectivity index (χ0) is 17.1. The van der Waals surface area contributed by atoms with E-state index < -0.39 is 0 Å². The monoisotopic (exact) mass is 346 g/mol. The lowest BCUT2D eigenvalue weighted by Gasteiger charge is -2.33. The quantitative estimate of drug-likeness (QED) is 0.926. The molecule has 0 saturated carbocycles. The van der Waals surface area contributed by atoms with E-state index in [1.165, 1.54) is 5.56 Å². The van der Waals surface area contributed by atoms with Crippen LogP contribution in [0.5, 0.6) is 0 Å². The van der Waals surface area contributed by atoms with Crippen LogP contribution in [0, 0.1) is 6.92 Å². The SMILES string of the molecule is Cc1cc(C(=O)NC2CCCN(Cc3cccc(Cl)c3)C2)nn1C. The Bertz CT molecular complexity index is 708. The molecule has 24 heavy (non-hydrogen) atoms. The summed E-state index contributed by atoms with van der Waals surface area (Å²) >= 11 is 6.06. The molecule has 1 atom stereocenters. The molecule has 5 nitrogen and oxygen atoms in total. The Morgan fingerprint density at radius 2 is 2.25 bits per heavy atom. The number of carbonyl (C=O) groups excluding carboxylic acids is 1. The van der Waals surface area contributed by atoms with Gasteiger partial charge in [-0.1, -0.05) is 23.7 Å². The molecule has 2 heterocycles. The molecule has 1 saturated heterocycles. The van der Waals surface area contributed by atoms with Gasteiger partial charge in [0.1, 0.15) is 5.69 Å². The van der Waals surface area contributed by atoms with Crippen molar-refractivity contribution in [2.45, 2.75) is 32.4 Å². The Morgan fingerprint density at radius 3 is 2.96 bits per heavy atom. The molecule has 1 aromatic carbocycles. The van der Waals surface area contributed by atoms with Crippen LogP contribution in [0.1, 0.15) is 34.6 Å². The van der Waals surface area contributed by atoms with Gasteiger partial charge in [0.2, 0.25) is 0 Å². The molecule has 1 aromatic heterocycles. The number of benzene rings is 1. The number of rotatable bonds is 4. The predicted octanol–water partition coefficient (Wildman–Crippen LogP) is 2.78. The van der Waals surface area contributed by atoms with Crippen molar-refractivity contribution >= 4 is 17.5 Å². The summed E-state index contributed by atoms with van der Waals surface area (Å²) in [6.45, 7) is 4.69. The number of nitrogens with one attached hydrogen (secondary N) is 1. The van der Waals surface area contributed by atoms with Crippen molar-refractivity contribution < 1.29 is 4.79 Å². The first kappa shape index (κ1) is 17.0. The highest BCUT2D eigenvalue weighted by atomic mass is 35.5. The standard InChI is InChI=1S/C18H23ClN4O/c1-13-9-17(21-22(13)2)18(24)20-16-7-4-8-23(12-16)11-14-5-3-6-15(19)10-14/h3,5-6,9-10,16H,4,7-8,11-12H2,1-2H3,(H,20,24). The lowest BCUT2D eigenvalue weighted by molar-refractivity contribution is 0.0895. The molecule has 1 fully saturated rings. The Morgan fingerprint density at radius 1 is 1.42 bits per heavy atom. The van der Waals surface area contributed by atoms with Crippen molar-refractivity contribution in [1.82, 2.24) is 20.0 Å². The fraction of sp³-hybridized carbons (Fsp3) is 0.444. The molecular formula is C18H23ClN4O. The van der Waals surface area contributed by atoms with Crippen LogP contribution in [0.15, 0.2) is 30.3 Å². The van der Waals surface area contributed by atoms with Gasteiger partial charge in [0.05, 0.1) is 0 Å². The largest absolute Gasteiger partial charge is 0.347 e. The van der Waals surface area contributed by atoms with E-state index >= 15 is 0 Å². The van der Waals surface area contributed by atoms with Crippen LogP contribution in [0.3, 0.4) is 0 Å². The van der Waals surface area contributed by atoms with E-state index in [1.807, 2.05) is 38.2 Å². The second-order valence-electron chi connectivity index (χ2n) is 6.47. The molecule has 6 heteroatoms. The van der Waals surface area contributed by atoms with Crippen LogP contribution >= 0.6 is 11.6 Å². The Kier molecular flexibility index (Phi) is 5.21. The van der Waals surface area contributed by atoms with Gasteiger partial charge in [-0.15, -0.1) is 0 Å². The van der Waals surface area contributed by atoms with Gasteiger partial charge in [-0.3, -0.25) is 14.4 Å². The molecular weight excluding hydrogens is 324 g/mol. The second-order valence-corrected chi connectivity index (χ2v) is 6.91. The predicted molar refractivity (Wildman–Crippen MR) is 95.2 cm³/mol. The molecule has 0 aliphatic carbocycles. The first-order valence-electron chi connectivity index (χ1n) is 8.29. The van der Waals surface area contributed by atoms with Gasteiger partial charge in [0, 0.05) is 36.9 Å². The Balaban J connectivity index is 1.58. The maximum atomic E-state index is 12.4. The molecule has 1 amide bonds. The van der Waals surface area contributed by atoms with Crippen molar-refractivity contribution in [3.63, 3.8) is 0 Å². The van der Waals surface area contributed by atoms with Crippen LogP contribution < -0.4 is 5.32 Å². The zero-order valence-electron chi connectivity index (χ0n) is 14.1. The number of aryl methyl sites for hydroxylation is 2. The molecule has 1 aliphatic heterocycles. The van der Waals surface area contributed by atoms with Gasteiger partial charge in [-0.05, 0) is 50.1 Å². The van der Waals surface area contributed by atoms with E-state index in [1.54, 1.807) is 4.68 Å². The van der Waals surface area contributed by atoms with Gasteiger partial charge >= 0.3 is 0 Å². The normalized spacial score (nSPS) is 18.5. The number of likely N-dealkylation sites (tertiary alicyclic amines) is 1. The lowest BCUT2D eigenvalue weighted by Crippen LogP contribution is -2.47. The van der Waals surface area contributed by atoms with E-state index in [-0.39, 0.29) is 11.9 Å². The Labute approximate surface area is 147 Å². The number of amides is 1. The van der Waals surface area contributed by atoms with Crippen LogP contribution in [-0.4, -0.2) is 39.7 Å². The van der Waals surface area contributed by atoms with Crippen molar-refractivity contribution in [3.05, 3.63) is 52.3 Å². The minimum absolute atomic E-state index is 0.0895. The second kappa shape index (κ2) is 7.36. The van der Waals surface area contributed by atoms with Crippen molar-refractivity contribution in [3.8, 4) is 0 Å². The lowest BCUT2D eigenvalue weighted by atomic mass is 10.0. The van der Waals surface area contributed by atoms with Crippen molar-refractivity contribution in [2.24, 2.45) is 7.05 Å². The molecule has 2 aromatic rings. The van der Waals surface area contributed by atoms with Crippen LogP contribution in [-0.2, 0) is 13.6 Å². The summed E-state index contributed by atoms with van der Waals surface area (Å²) in [5.41, 5.74) is 2.67. The molecule has 0 bridgehead atoms. The Hall–Kier alpha value is -1.85. The minimum Gasteiger partial charge on any atom is -0.347 e. The average molecular weight is 347 g/mol. The highest BCUT2D eigenvalue weighted by molar-refractivity contribution is 6.30. The fourth-order valence-corrected chi connectivity index (χ4v) is 3.35. The van der Waals surface area contributed by atoms with Crippen LogP contribution in [0.4, 0.5) is 0 Å².